The van der Waals surface area contributed by atoms with Crippen LogP contribution in [0.2, 0.25) is 0 Å². The molecule has 0 aliphatic carbocycles. The summed E-state index contributed by atoms with van der Waals surface area (Å²) in [7, 11) is 1.61. The zero-order valence-corrected chi connectivity index (χ0v) is 16.8. The van der Waals surface area contributed by atoms with E-state index in [0.717, 1.165) is 11.3 Å². The predicted molar refractivity (Wildman–Crippen MR) is 115 cm³/mol. The minimum atomic E-state index is -0.173. The molecule has 3 aromatic carbocycles. The van der Waals surface area contributed by atoms with Crippen molar-refractivity contribution < 1.29 is 19.1 Å². The lowest BCUT2D eigenvalue weighted by atomic mass is 10.1. The summed E-state index contributed by atoms with van der Waals surface area (Å²) in [6.07, 6.45) is 0. The van der Waals surface area contributed by atoms with Gasteiger partial charge in [-0.1, -0.05) is 30.3 Å². The highest BCUT2D eigenvalue weighted by Gasteiger charge is 2.07. The molecule has 0 saturated carbocycles. The Morgan fingerprint density at radius 1 is 0.733 bits per heavy atom. The normalized spacial score (nSPS) is 10.2. The van der Waals surface area contributed by atoms with Crippen molar-refractivity contribution in [1.29, 1.82) is 0 Å². The lowest BCUT2D eigenvalue weighted by molar-refractivity contribution is 0.0939. The van der Waals surface area contributed by atoms with Crippen LogP contribution in [0.3, 0.4) is 0 Å². The molecular weight excluding hydrogens is 380 g/mol. The number of ether oxygens (including phenoxy) is 2. The van der Waals surface area contributed by atoms with E-state index in [4.69, 9.17) is 9.47 Å². The summed E-state index contributed by atoms with van der Waals surface area (Å²) in [4.78, 5) is 24.3. The molecule has 154 valence electrons. The maximum Gasteiger partial charge on any atom is 0.251 e. The highest BCUT2D eigenvalue weighted by Crippen LogP contribution is 2.16. The molecule has 2 N–H and O–H groups in total. The molecule has 30 heavy (non-hydrogen) atoms. The minimum absolute atomic E-state index is 0.130. The summed E-state index contributed by atoms with van der Waals surface area (Å²) < 4.78 is 10.7. The molecule has 3 rings (SSSR count). The number of carbonyl (C=O) groups is 2. The van der Waals surface area contributed by atoms with Crippen LogP contribution in [0.5, 0.6) is 11.5 Å². The van der Waals surface area contributed by atoms with Crippen LogP contribution in [-0.2, 0) is 6.54 Å². The summed E-state index contributed by atoms with van der Waals surface area (Å²) in [5.41, 5.74) is 2.08. The van der Waals surface area contributed by atoms with Crippen molar-refractivity contribution in [3.8, 4) is 11.5 Å². The number of methoxy groups -OCH3 is 1. The Bertz CT molecular complexity index is 955. The van der Waals surface area contributed by atoms with Gasteiger partial charge < -0.3 is 20.1 Å². The van der Waals surface area contributed by atoms with Gasteiger partial charge in [-0.2, -0.15) is 0 Å². The molecule has 3 aromatic rings. The van der Waals surface area contributed by atoms with Crippen LogP contribution >= 0.6 is 0 Å². The van der Waals surface area contributed by atoms with E-state index in [9.17, 15) is 9.59 Å². The van der Waals surface area contributed by atoms with Crippen LogP contribution in [0.1, 0.15) is 26.3 Å². The summed E-state index contributed by atoms with van der Waals surface area (Å²) in [6, 6.07) is 23.4. The van der Waals surface area contributed by atoms with Gasteiger partial charge in [0.25, 0.3) is 11.8 Å². The van der Waals surface area contributed by atoms with Gasteiger partial charge in [-0.15, -0.1) is 0 Å². The second-order valence-corrected chi connectivity index (χ2v) is 6.53. The Balaban J connectivity index is 1.40. The van der Waals surface area contributed by atoms with Gasteiger partial charge in [0.05, 0.1) is 13.7 Å². The Hall–Kier alpha value is -3.80. The van der Waals surface area contributed by atoms with Gasteiger partial charge in [0.1, 0.15) is 18.1 Å². The number of hydrogen-bond acceptors (Lipinski definition) is 4. The second kappa shape index (κ2) is 10.7. The molecule has 0 spiro atoms. The lowest BCUT2D eigenvalue weighted by Crippen LogP contribution is -2.28. The van der Waals surface area contributed by atoms with Gasteiger partial charge in [0, 0.05) is 17.7 Å². The third-order valence-corrected chi connectivity index (χ3v) is 4.42. The number of benzene rings is 3. The van der Waals surface area contributed by atoms with Crippen LogP contribution in [0.4, 0.5) is 0 Å². The van der Waals surface area contributed by atoms with E-state index >= 15 is 0 Å². The molecule has 0 aliphatic rings. The fourth-order valence-corrected chi connectivity index (χ4v) is 2.76. The third kappa shape index (κ3) is 6.10. The number of rotatable bonds is 9. The highest BCUT2D eigenvalue weighted by atomic mass is 16.5. The molecular formula is C24H24N2O4. The molecule has 0 aromatic heterocycles. The number of nitrogens with one attached hydrogen (secondary N) is 2. The van der Waals surface area contributed by atoms with Crippen LogP contribution < -0.4 is 20.1 Å². The smallest absolute Gasteiger partial charge is 0.251 e. The maximum atomic E-state index is 12.2. The summed E-state index contributed by atoms with van der Waals surface area (Å²) in [5.74, 6) is 1.17. The van der Waals surface area contributed by atoms with Crippen molar-refractivity contribution in [2.45, 2.75) is 6.54 Å². The van der Waals surface area contributed by atoms with E-state index in [1.165, 1.54) is 0 Å². The van der Waals surface area contributed by atoms with Gasteiger partial charge >= 0.3 is 0 Å². The molecule has 0 fully saturated rings. The first-order valence-electron chi connectivity index (χ1n) is 9.63. The molecule has 6 heteroatoms. The summed E-state index contributed by atoms with van der Waals surface area (Å²) in [6.45, 7) is 1.15. The van der Waals surface area contributed by atoms with E-state index in [1.54, 1.807) is 31.4 Å². The Morgan fingerprint density at radius 2 is 1.33 bits per heavy atom. The predicted octanol–water partition coefficient (Wildman–Crippen LogP) is 3.43. The number of carbonyl (C=O) groups excluding carboxylic acids is 2. The first kappa shape index (κ1) is 20.9. The molecule has 0 saturated heterocycles. The average Bonchev–Trinajstić information content (AvgIpc) is 2.81. The van der Waals surface area contributed by atoms with Gasteiger partial charge in [0.2, 0.25) is 0 Å². The van der Waals surface area contributed by atoms with Crippen LogP contribution in [0.15, 0.2) is 78.9 Å². The van der Waals surface area contributed by atoms with Crippen molar-refractivity contribution in [2.75, 3.05) is 20.3 Å². The second-order valence-electron chi connectivity index (χ2n) is 6.53. The quantitative estimate of drug-likeness (QED) is 0.536. The van der Waals surface area contributed by atoms with Crippen molar-refractivity contribution >= 4 is 11.8 Å². The largest absolute Gasteiger partial charge is 0.497 e. The molecule has 0 heterocycles. The Labute approximate surface area is 175 Å². The van der Waals surface area contributed by atoms with E-state index in [1.807, 2.05) is 54.6 Å². The zero-order valence-electron chi connectivity index (χ0n) is 16.8. The van der Waals surface area contributed by atoms with Gasteiger partial charge in [0.15, 0.2) is 0 Å². The van der Waals surface area contributed by atoms with E-state index in [-0.39, 0.29) is 11.8 Å². The van der Waals surface area contributed by atoms with Crippen LogP contribution in [0.25, 0.3) is 0 Å². The first-order valence-corrected chi connectivity index (χ1v) is 9.63. The van der Waals surface area contributed by atoms with Crippen molar-refractivity contribution in [2.24, 2.45) is 0 Å². The monoisotopic (exact) mass is 404 g/mol. The van der Waals surface area contributed by atoms with Crippen molar-refractivity contribution in [3.63, 3.8) is 0 Å². The molecule has 0 atom stereocenters. The van der Waals surface area contributed by atoms with Gasteiger partial charge in [-0.3, -0.25) is 9.59 Å². The fraction of sp³-hybridized carbons (Fsp3) is 0.167. The standard InChI is InChI=1S/C24H24N2O4/c1-29-21-11-13-22(14-12-21)30-16-15-25-23(27)20-9-7-18(8-10-20)17-26-24(28)19-5-3-2-4-6-19/h2-14H,15-17H2,1H3,(H,25,27)(H,26,28). The third-order valence-electron chi connectivity index (χ3n) is 4.42. The van der Waals surface area contributed by atoms with Gasteiger partial charge in [-0.05, 0) is 54.1 Å². The zero-order chi connectivity index (χ0) is 21.2. The summed E-state index contributed by atoms with van der Waals surface area (Å²) >= 11 is 0. The molecule has 6 nitrogen and oxygen atoms in total. The Morgan fingerprint density at radius 3 is 2.00 bits per heavy atom. The summed E-state index contributed by atoms with van der Waals surface area (Å²) in [5, 5.41) is 5.69. The molecule has 0 radical (unpaired) electrons. The van der Waals surface area contributed by atoms with Crippen molar-refractivity contribution in [3.05, 3.63) is 95.6 Å². The first-order chi connectivity index (χ1) is 14.7. The van der Waals surface area contributed by atoms with Gasteiger partial charge in [-0.25, -0.2) is 0 Å². The SMILES string of the molecule is COc1ccc(OCCNC(=O)c2ccc(CNC(=O)c3ccccc3)cc2)cc1. The average molecular weight is 404 g/mol. The topological polar surface area (TPSA) is 76.7 Å². The molecule has 0 bridgehead atoms. The number of amides is 2. The van der Waals surface area contributed by atoms with E-state index in [0.29, 0.717) is 36.6 Å². The van der Waals surface area contributed by atoms with Crippen LogP contribution in [-0.4, -0.2) is 32.1 Å². The maximum absolute atomic E-state index is 12.2. The van der Waals surface area contributed by atoms with Crippen molar-refractivity contribution in [1.82, 2.24) is 10.6 Å². The molecule has 2 amide bonds. The minimum Gasteiger partial charge on any atom is -0.497 e. The van der Waals surface area contributed by atoms with E-state index < -0.39 is 0 Å². The lowest BCUT2D eigenvalue weighted by Gasteiger charge is -2.09. The van der Waals surface area contributed by atoms with Crippen LogP contribution in [0, 0.1) is 0 Å². The van der Waals surface area contributed by atoms with E-state index in [2.05, 4.69) is 10.6 Å². The highest BCUT2D eigenvalue weighted by molar-refractivity contribution is 5.94. The molecule has 0 unspecified atom stereocenters. The number of hydrogen-bond donors (Lipinski definition) is 2. The molecule has 0 aliphatic heterocycles. The fourth-order valence-electron chi connectivity index (χ4n) is 2.76. The Kier molecular flexibility index (Phi) is 7.44.